The van der Waals surface area contributed by atoms with Crippen LogP contribution in [0.25, 0.3) is 0 Å². The highest BCUT2D eigenvalue weighted by molar-refractivity contribution is 5.77. The second kappa shape index (κ2) is 4.65. The molecule has 0 bridgehead atoms. The predicted octanol–water partition coefficient (Wildman–Crippen LogP) is 1.20. The number of likely N-dealkylation sites (N-methyl/N-ethyl adjacent to an activating group) is 1. The summed E-state index contributed by atoms with van der Waals surface area (Å²) < 4.78 is 2.01. The van der Waals surface area contributed by atoms with E-state index in [2.05, 4.69) is 4.98 Å². The lowest BCUT2D eigenvalue weighted by molar-refractivity contribution is -0.148. The van der Waals surface area contributed by atoms with Gasteiger partial charge in [-0.2, -0.15) is 0 Å². The van der Waals surface area contributed by atoms with Crippen molar-refractivity contribution in [2.75, 3.05) is 7.05 Å². The topological polar surface area (TPSA) is 58.4 Å². The van der Waals surface area contributed by atoms with E-state index in [0.29, 0.717) is 6.54 Å². The summed E-state index contributed by atoms with van der Waals surface area (Å²) in [6, 6.07) is 0. The van der Waals surface area contributed by atoms with Crippen LogP contribution < -0.4 is 0 Å². The van der Waals surface area contributed by atoms with E-state index in [1.165, 1.54) is 0 Å². The molecule has 0 saturated heterocycles. The molecule has 0 amide bonds. The van der Waals surface area contributed by atoms with Gasteiger partial charge in [-0.05, 0) is 27.8 Å². The van der Waals surface area contributed by atoms with Gasteiger partial charge >= 0.3 is 5.97 Å². The van der Waals surface area contributed by atoms with E-state index in [0.717, 1.165) is 12.4 Å². The fourth-order valence-corrected chi connectivity index (χ4v) is 1.35. The van der Waals surface area contributed by atoms with Gasteiger partial charge in [-0.1, -0.05) is 0 Å². The Morgan fingerprint density at radius 3 is 2.75 bits per heavy atom. The number of aliphatic carboxylic acids is 1. The summed E-state index contributed by atoms with van der Waals surface area (Å²) in [5.74, 6) is 0.0592. The molecular formula is C11H19N3O2. The van der Waals surface area contributed by atoms with Gasteiger partial charge in [0.25, 0.3) is 0 Å². The van der Waals surface area contributed by atoms with Gasteiger partial charge in [-0.15, -0.1) is 0 Å². The zero-order valence-corrected chi connectivity index (χ0v) is 10.3. The Balaban J connectivity index is 2.78. The summed E-state index contributed by atoms with van der Waals surface area (Å²) in [4.78, 5) is 17.1. The van der Waals surface area contributed by atoms with E-state index in [1.807, 2.05) is 17.7 Å². The van der Waals surface area contributed by atoms with Gasteiger partial charge in [-0.3, -0.25) is 9.69 Å². The minimum Gasteiger partial charge on any atom is -0.480 e. The number of carboxylic acids is 1. The van der Waals surface area contributed by atoms with Gasteiger partial charge in [-0.25, -0.2) is 4.98 Å². The molecule has 0 aliphatic heterocycles. The Morgan fingerprint density at radius 2 is 2.25 bits per heavy atom. The number of aromatic nitrogens is 2. The Kier molecular flexibility index (Phi) is 3.70. The van der Waals surface area contributed by atoms with Crippen LogP contribution in [-0.4, -0.2) is 38.1 Å². The molecule has 0 radical (unpaired) electrons. The third kappa shape index (κ3) is 2.41. The van der Waals surface area contributed by atoms with Crippen molar-refractivity contribution in [3.8, 4) is 0 Å². The summed E-state index contributed by atoms with van der Waals surface area (Å²) in [6.07, 6.45) is 3.64. The molecule has 1 rings (SSSR count). The molecule has 0 saturated carbocycles. The van der Waals surface area contributed by atoms with Gasteiger partial charge in [0.05, 0.1) is 6.54 Å². The lowest BCUT2D eigenvalue weighted by Crippen LogP contribution is -2.47. The average Bonchev–Trinajstić information content (AvgIpc) is 2.64. The smallest absolute Gasteiger partial charge is 0.323 e. The molecule has 0 aliphatic rings. The Labute approximate surface area is 95.7 Å². The van der Waals surface area contributed by atoms with Crippen molar-refractivity contribution >= 4 is 5.97 Å². The van der Waals surface area contributed by atoms with Crippen LogP contribution in [0.15, 0.2) is 12.4 Å². The molecule has 0 fully saturated rings. The fourth-order valence-electron chi connectivity index (χ4n) is 1.35. The molecule has 5 nitrogen and oxygen atoms in total. The van der Waals surface area contributed by atoms with E-state index in [4.69, 9.17) is 5.11 Å². The normalized spacial score (nSPS) is 12.1. The van der Waals surface area contributed by atoms with Crippen molar-refractivity contribution in [3.05, 3.63) is 18.2 Å². The molecule has 5 heteroatoms. The highest BCUT2D eigenvalue weighted by Crippen LogP contribution is 2.15. The van der Waals surface area contributed by atoms with E-state index in [1.54, 1.807) is 32.0 Å². The summed E-state index contributed by atoms with van der Waals surface area (Å²) in [5.41, 5.74) is -0.884. The van der Waals surface area contributed by atoms with Gasteiger partial charge in [0, 0.05) is 18.9 Å². The number of imidazole rings is 1. The first kappa shape index (κ1) is 12.7. The van der Waals surface area contributed by atoms with Crippen molar-refractivity contribution < 1.29 is 9.90 Å². The first-order valence-electron chi connectivity index (χ1n) is 5.34. The maximum Gasteiger partial charge on any atom is 0.323 e. The van der Waals surface area contributed by atoms with Crippen molar-refractivity contribution in [2.45, 2.75) is 39.4 Å². The second-order valence-corrected chi connectivity index (χ2v) is 4.35. The lowest BCUT2D eigenvalue weighted by Gasteiger charge is -2.31. The molecule has 90 valence electrons. The zero-order chi connectivity index (χ0) is 12.3. The van der Waals surface area contributed by atoms with Crippen LogP contribution in [0.3, 0.4) is 0 Å². The van der Waals surface area contributed by atoms with Crippen molar-refractivity contribution in [1.82, 2.24) is 14.5 Å². The summed E-state index contributed by atoms with van der Waals surface area (Å²) >= 11 is 0. The molecule has 1 heterocycles. The zero-order valence-electron chi connectivity index (χ0n) is 10.3. The maximum atomic E-state index is 11.1. The van der Waals surface area contributed by atoms with E-state index in [-0.39, 0.29) is 0 Å². The third-order valence-corrected chi connectivity index (χ3v) is 3.00. The second-order valence-electron chi connectivity index (χ2n) is 4.35. The molecule has 1 aromatic rings. The third-order valence-electron chi connectivity index (χ3n) is 3.00. The molecule has 0 atom stereocenters. The minimum atomic E-state index is -0.884. The van der Waals surface area contributed by atoms with E-state index < -0.39 is 11.5 Å². The van der Waals surface area contributed by atoms with Crippen LogP contribution in [-0.2, 0) is 17.9 Å². The van der Waals surface area contributed by atoms with Crippen LogP contribution in [0.4, 0.5) is 0 Å². The monoisotopic (exact) mass is 225 g/mol. The van der Waals surface area contributed by atoms with E-state index in [9.17, 15) is 4.79 Å². The number of nitrogens with zero attached hydrogens (tertiary/aromatic N) is 3. The molecule has 0 unspecified atom stereocenters. The number of carbonyl (C=O) groups is 1. The highest BCUT2D eigenvalue weighted by atomic mass is 16.4. The number of rotatable bonds is 5. The Morgan fingerprint density at radius 1 is 1.62 bits per heavy atom. The molecule has 1 aromatic heterocycles. The first-order valence-corrected chi connectivity index (χ1v) is 5.34. The van der Waals surface area contributed by atoms with Crippen LogP contribution in [0.1, 0.15) is 26.6 Å². The number of aryl methyl sites for hydroxylation is 1. The summed E-state index contributed by atoms with van der Waals surface area (Å²) in [5, 5.41) is 9.10. The quantitative estimate of drug-likeness (QED) is 0.818. The van der Waals surface area contributed by atoms with Crippen molar-refractivity contribution in [2.24, 2.45) is 0 Å². The van der Waals surface area contributed by atoms with Crippen LogP contribution in [0, 0.1) is 0 Å². The van der Waals surface area contributed by atoms with Crippen molar-refractivity contribution in [3.63, 3.8) is 0 Å². The van der Waals surface area contributed by atoms with Gasteiger partial charge < -0.3 is 9.67 Å². The summed E-state index contributed by atoms with van der Waals surface area (Å²) in [6.45, 7) is 6.79. The van der Waals surface area contributed by atoms with Crippen LogP contribution in [0.2, 0.25) is 0 Å². The molecule has 0 aliphatic carbocycles. The fraction of sp³-hybridized carbons (Fsp3) is 0.636. The molecule has 0 aromatic carbocycles. The Bertz CT molecular complexity index is 371. The van der Waals surface area contributed by atoms with Gasteiger partial charge in [0.15, 0.2) is 0 Å². The van der Waals surface area contributed by atoms with Gasteiger partial charge in [0.2, 0.25) is 0 Å². The molecule has 0 spiro atoms. The lowest BCUT2D eigenvalue weighted by atomic mass is 10.0. The first-order chi connectivity index (χ1) is 7.39. The Hall–Kier alpha value is -1.36. The molecular weight excluding hydrogens is 206 g/mol. The summed E-state index contributed by atoms with van der Waals surface area (Å²) in [7, 11) is 1.79. The standard InChI is InChI=1S/C11H19N3O2/c1-5-14-7-6-12-9(14)8-13(4)11(2,3)10(15)16/h6-7H,5,8H2,1-4H3,(H,15,16). The number of carboxylic acid groups (broad SMARTS) is 1. The minimum absolute atomic E-state index is 0.528. The SMILES string of the molecule is CCn1ccnc1CN(C)C(C)(C)C(=O)O. The predicted molar refractivity (Wildman–Crippen MR) is 61.1 cm³/mol. The number of hydrogen-bond donors (Lipinski definition) is 1. The van der Waals surface area contributed by atoms with Crippen LogP contribution in [0.5, 0.6) is 0 Å². The average molecular weight is 225 g/mol. The number of hydrogen-bond acceptors (Lipinski definition) is 3. The largest absolute Gasteiger partial charge is 0.480 e. The van der Waals surface area contributed by atoms with Crippen molar-refractivity contribution in [1.29, 1.82) is 0 Å². The molecule has 1 N–H and O–H groups in total. The van der Waals surface area contributed by atoms with Crippen LogP contribution >= 0.6 is 0 Å². The molecule has 16 heavy (non-hydrogen) atoms. The van der Waals surface area contributed by atoms with E-state index >= 15 is 0 Å². The highest BCUT2D eigenvalue weighted by Gasteiger charge is 2.32. The maximum absolute atomic E-state index is 11.1. The van der Waals surface area contributed by atoms with Gasteiger partial charge in [0.1, 0.15) is 11.4 Å².